The highest BCUT2D eigenvalue weighted by molar-refractivity contribution is 7.92. The molecule has 0 spiro atoms. The monoisotopic (exact) mass is 518 g/mol. The van der Waals surface area contributed by atoms with Crippen molar-refractivity contribution in [2.45, 2.75) is 11.5 Å². The number of rotatable bonds is 7. The van der Waals surface area contributed by atoms with Gasteiger partial charge in [-0.15, -0.1) is 0 Å². The number of aliphatic hydroxyl groups excluding tert-OH is 1. The van der Waals surface area contributed by atoms with Gasteiger partial charge in [0.1, 0.15) is 22.9 Å². The molecule has 7 nitrogen and oxygen atoms in total. The minimum Gasteiger partial charge on any atom is -0.588 e. The quantitative estimate of drug-likeness (QED) is 0.283. The summed E-state index contributed by atoms with van der Waals surface area (Å²) < 4.78 is 48.2. The van der Waals surface area contributed by atoms with Gasteiger partial charge in [0.2, 0.25) is 10.8 Å². The molecule has 5 rings (SSSR count). The molecule has 1 atom stereocenters. The number of halogens is 2. The second-order valence-electron chi connectivity index (χ2n) is 8.01. The third-order valence-electron chi connectivity index (χ3n) is 5.71. The zero-order valence-corrected chi connectivity index (χ0v) is 20.3. The summed E-state index contributed by atoms with van der Waals surface area (Å²) in [5, 5.41) is 10.2. The lowest BCUT2D eigenvalue weighted by molar-refractivity contribution is 0.277. The van der Waals surface area contributed by atoms with Crippen LogP contribution in [0.5, 0.6) is 5.88 Å². The zero-order valence-electron chi connectivity index (χ0n) is 19.5. The van der Waals surface area contributed by atoms with Gasteiger partial charge in [-0.25, -0.2) is 13.8 Å². The van der Waals surface area contributed by atoms with E-state index in [1.165, 1.54) is 7.11 Å². The van der Waals surface area contributed by atoms with E-state index in [9.17, 15) is 18.4 Å². The highest BCUT2D eigenvalue weighted by Gasteiger charge is 2.21. The van der Waals surface area contributed by atoms with Gasteiger partial charge in [-0.1, -0.05) is 12.1 Å². The molecule has 186 valence electrons. The van der Waals surface area contributed by atoms with E-state index in [1.54, 1.807) is 30.7 Å². The van der Waals surface area contributed by atoms with Crippen molar-refractivity contribution >= 4 is 28.0 Å². The zero-order chi connectivity index (χ0) is 25.9. The molecule has 0 fully saturated rings. The molecule has 0 bridgehead atoms. The van der Waals surface area contributed by atoms with Gasteiger partial charge in [-0.3, -0.25) is 9.97 Å². The minimum absolute atomic E-state index is 0.138. The summed E-state index contributed by atoms with van der Waals surface area (Å²) in [5.74, 6) is -1.52. The van der Waals surface area contributed by atoms with Crippen LogP contribution in [0, 0.1) is 11.6 Å². The van der Waals surface area contributed by atoms with Crippen LogP contribution in [0.2, 0.25) is 0 Å². The third-order valence-corrected chi connectivity index (χ3v) is 6.85. The Morgan fingerprint density at radius 2 is 1.73 bits per heavy atom. The first-order valence-corrected chi connectivity index (χ1v) is 12.2. The Morgan fingerprint density at radius 3 is 2.46 bits per heavy atom. The Kier molecular flexibility index (Phi) is 6.95. The lowest BCUT2D eigenvalue weighted by Crippen LogP contribution is -2.15. The summed E-state index contributed by atoms with van der Waals surface area (Å²) in [6.45, 7) is -0.138. The van der Waals surface area contributed by atoms with Crippen molar-refractivity contribution in [3.63, 3.8) is 0 Å². The van der Waals surface area contributed by atoms with Crippen LogP contribution in [0.25, 0.3) is 33.2 Å². The number of fused-ring (bicyclic) bond motifs is 1. The molecule has 0 aliphatic carbocycles. The molecular weight excluding hydrogens is 498 g/mol. The number of benzene rings is 2. The van der Waals surface area contributed by atoms with E-state index < -0.39 is 23.0 Å². The van der Waals surface area contributed by atoms with E-state index >= 15 is 0 Å². The number of anilines is 1. The number of pyridine rings is 3. The predicted molar refractivity (Wildman–Crippen MR) is 137 cm³/mol. The SMILES string of the molecule is COc1ncc(-c2ccc3nccc(-c4ccc(CO)nc4)c3c2)cc1N[S+]([O-])c1ccc(F)cc1F. The van der Waals surface area contributed by atoms with E-state index in [1.807, 2.05) is 30.3 Å². The molecule has 0 amide bonds. The molecule has 0 saturated heterocycles. The molecule has 0 saturated carbocycles. The number of nitrogens with one attached hydrogen (secondary N) is 1. The van der Waals surface area contributed by atoms with Crippen molar-refractivity contribution in [3.05, 3.63) is 96.6 Å². The highest BCUT2D eigenvalue weighted by Crippen LogP contribution is 2.34. The van der Waals surface area contributed by atoms with Gasteiger partial charge in [0.05, 0.1) is 24.9 Å². The maximum Gasteiger partial charge on any atom is 0.241 e. The van der Waals surface area contributed by atoms with Gasteiger partial charge in [0.25, 0.3) is 0 Å². The number of aliphatic hydroxyl groups is 1. The summed E-state index contributed by atoms with van der Waals surface area (Å²) in [6.07, 6.45) is 5.03. The van der Waals surface area contributed by atoms with Crippen LogP contribution in [-0.4, -0.2) is 31.7 Å². The average Bonchev–Trinajstić information content (AvgIpc) is 2.92. The molecule has 0 aliphatic heterocycles. The van der Waals surface area contributed by atoms with E-state index in [4.69, 9.17) is 4.74 Å². The summed E-state index contributed by atoms with van der Waals surface area (Å²) in [5.41, 5.74) is 4.90. The topological polar surface area (TPSA) is 103 Å². The van der Waals surface area contributed by atoms with Crippen molar-refractivity contribution < 1.29 is 23.2 Å². The molecule has 2 N–H and O–H groups in total. The maximum atomic E-state index is 14.2. The van der Waals surface area contributed by atoms with Gasteiger partial charge in [0.15, 0.2) is 5.82 Å². The Balaban J connectivity index is 1.53. The molecule has 1 unspecified atom stereocenters. The Hall–Kier alpha value is -4.12. The van der Waals surface area contributed by atoms with E-state index in [0.29, 0.717) is 17.3 Å². The van der Waals surface area contributed by atoms with Crippen LogP contribution in [0.4, 0.5) is 14.5 Å². The van der Waals surface area contributed by atoms with Crippen LogP contribution in [-0.2, 0) is 18.0 Å². The fourth-order valence-corrected chi connectivity index (χ4v) is 4.76. The molecule has 5 aromatic rings. The molecule has 3 aromatic heterocycles. The van der Waals surface area contributed by atoms with Crippen molar-refractivity contribution in [3.8, 4) is 28.1 Å². The highest BCUT2D eigenvalue weighted by atomic mass is 32.2. The normalized spacial score (nSPS) is 11.9. The number of ether oxygens (including phenoxy) is 1. The largest absolute Gasteiger partial charge is 0.588 e. The molecule has 2 aromatic carbocycles. The van der Waals surface area contributed by atoms with Crippen LogP contribution in [0.3, 0.4) is 0 Å². The third kappa shape index (κ3) is 5.08. The first-order valence-electron chi connectivity index (χ1n) is 11.1. The smallest absolute Gasteiger partial charge is 0.241 e. The molecule has 0 aliphatic rings. The van der Waals surface area contributed by atoms with Gasteiger partial charge >= 0.3 is 0 Å². The second-order valence-corrected chi connectivity index (χ2v) is 9.19. The predicted octanol–water partition coefficient (Wildman–Crippen LogP) is 5.27. The van der Waals surface area contributed by atoms with E-state index in [0.717, 1.165) is 39.7 Å². The van der Waals surface area contributed by atoms with Crippen LogP contribution >= 0.6 is 0 Å². The van der Waals surface area contributed by atoms with Gasteiger partial charge in [-0.05, 0) is 47.5 Å². The number of hydrogen-bond acceptors (Lipinski definition) is 7. The Bertz CT molecular complexity index is 1580. The average molecular weight is 519 g/mol. The van der Waals surface area contributed by atoms with Crippen LogP contribution < -0.4 is 9.46 Å². The number of nitrogens with zero attached hydrogens (tertiary/aromatic N) is 3. The Labute approximate surface area is 214 Å². The minimum atomic E-state index is -2.03. The number of aromatic nitrogens is 3. The molecule has 3 heterocycles. The van der Waals surface area contributed by atoms with Crippen LogP contribution in [0.1, 0.15) is 5.69 Å². The van der Waals surface area contributed by atoms with Crippen molar-refractivity contribution in [2.75, 3.05) is 11.8 Å². The van der Waals surface area contributed by atoms with Crippen molar-refractivity contribution in [1.29, 1.82) is 0 Å². The summed E-state index contributed by atoms with van der Waals surface area (Å²) in [6, 6.07) is 15.8. The van der Waals surface area contributed by atoms with Crippen molar-refractivity contribution in [2.24, 2.45) is 0 Å². The van der Waals surface area contributed by atoms with Gasteiger partial charge in [-0.2, -0.15) is 4.72 Å². The summed E-state index contributed by atoms with van der Waals surface area (Å²) in [4.78, 5) is 12.8. The van der Waals surface area contributed by atoms with Gasteiger partial charge in [0, 0.05) is 47.2 Å². The first kappa shape index (κ1) is 24.6. The first-order chi connectivity index (χ1) is 18.0. The van der Waals surface area contributed by atoms with Crippen LogP contribution in [0.15, 0.2) is 84.1 Å². The fraction of sp³-hybridized carbons (Fsp3) is 0.0741. The Morgan fingerprint density at radius 1 is 0.919 bits per heavy atom. The molecule has 10 heteroatoms. The number of hydrogen-bond donors (Lipinski definition) is 2. The summed E-state index contributed by atoms with van der Waals surface area (Å²) in [7, 11) is 1.42. The van der Waals surface area contributed by atoms with E-state index in [2.05, 4.69) is 19.7 Å². The second kappa shape index (κ2) is 10.5. The lowest BCUT2D eigenvalue weighted by atomic mass is 9.98. The summed E-state index contributed by atoms with van der Waals surface area (Å²) >= 11 is -2.03. The van der Waals surface area contributed by atoms with Crippen molar-refractivity contribution in [1.82, 2.24) is 15.0 Å². The fourth-order valence-electron chi connectivity index (χ4n) is 3.88. The van der Waals surface area contributed by atoms with Gasteiger partial charge < -0.3 is 14.4 Å². The lowest BCUT2D eigenvalue weighted by Gasteiger charge is -2.15. The molecule has 37 heavy (non-hydrogen) atoms. The number of methoxy groups -OCH3 is 1. The molecular formula is C27H20F2N4O3S. The standard InChI is InChI=1S/C27H20F2N4O3S/c1-36-27-25(33-37(35)26-7-4-19(28)12-23(26)29)11-18(14-32-27)16-3-6-24-22(10-16)21(8-9-30-24)17-2-5-20(15-34)31-13-17/h2-14,33-34H,15H2,1H3. The molecule has 0 radical (unpaired) electrons. The maximum absolute atomic E-state index is 14.2. The van der Waals surface area contributed by atoms with E-state index in [-0.39, 0.29) is 23.1 Å².